The summed E-state index contributed by atoms with van der Waals surface area (Å²) in [7, 11) is -0.925. The van der Waals surface area contributed by atoms with E-state index in [9.17, 15) is 13.2 Å². The molecule has 32 heavy (non-hydrogen) atoms. The minimum absolute atomic E-state index is 0.0497. The molecule has 2 N–H and O–H groups in total. The Bertz CT molecular complexity index is 1180. The third-order valence-corrected chi connectivity index (χ3v) is 7.40. The van der Waals surface area contributed by atoms with Gasteiger partial charge in [0.2, 0.25) is 5.91 Å². The van der Waals surface area contributed by atoms with E-state index < -0.39 is 10.0 Å². The van der Waals surface area contributed by atoms with E-state index in [0.29, 0.717) is 17.2 Å². The topological polar surface area (TPSA) is 93.7 Å². The maximum absolute atomic E-state index is 12.8. The fraction of sp³-hybridized carbons (Fsp3) is 0.136. The first-order valence-electron chi connectivity index (χ1n) is 9.34. The van der Waals surface area contributed by atoms with Gasteiger partial charge in [0.25, 0.3) is 10.0 Å². The van der Waals surface area contributed by atoms with E-state index in [2.05, 4.69) is 32.6 Å². The minimum atomic E-state index is -3.87. The third kappa shape index (κ3) is 6.53. The summed E-state index contributed by atoms with van der Waals surface area (Å²) >= 11 is 3.65. The van der Waals surface area contributed by atoms with Gasteiger partial charge < -0.3 is 14.8 Å². The summed E-state index contributed by atoms with van der Waals surface area (Å²) in [4.78, 5) is 13.3. The monoisotopic (exact) mass is 584 g/mol. The summed E-state index contributed by atoms with van der Waals surface area (Å²) in [6.07, 6.45) is 0. The van der Waals surface area contributed by atoms with Gasteiger partial charge in [-0.1, -0.05) is 0 Å². The molecule has 0 aliphatic heterocycles. The van der Waals surface area contributed by atoms with Crippen LogP contribution in [0.25, 0.3) is 0 Å². The van der Waals surface area contributed by atoms with Crippen LogP contribution in [0.2, 0.25) is 0 Å². The first-order chi connectivity index (χ1) is 15.3. The molecule has 168 valence electrons. The molecule has 0 bridgehead atoms. The second kappa shape index (κ2) is 10.9. The maximum atomic E-state index is 12.8. The third-order valence-electron chi connectivity index (χ3n) is 4.28. The van der Waals surface area contributed by atoms with Crippen molar-refractivity contribution in [2.24, 2.45) is 0 Å². The Hall–Kier alpha value is -2.44. The number of hydrogen-bond acceptors (Lipinski definition) is 6. The first kappa shape index (κ1) is 24.2. The van der Waals surface area contributed by atoms with Crippen LogP contribution in [0, 0.1) is 3.57 Å². The number of benzene rings is 3. The van der Waals surface area contributed by atoms with Crippen molar-refractivity contribution in [1.82, 2.24) is 0 Å². The molecule has 10 heteroatoms. The minimum Gasteiger partial charge on any atom is -0.497 e. The lowest BCUT2D eigenvalue weighted by molar-refractivity contribution is -0.113. The standard InChI is InChI=1S/C22H21IN2O5S2/c1-29-17-7-12-21(30-2)20(13-17)25-32(27,28)19-10-5-16(6-11-19)24-22(26)14-31-18-8-3-15(23)4-9-18/h3-13,25H,14H2,1-2H3,(H,24,26). The summed E-state index contributed by atoms with van der Waals surface area (Å²) in [5, 5.41) is 2.77. The Kier molecular flexibility index (Phi) is 8.26. The second-order valence-electron chi connectivity index (χ2n) is 6.49. The molecule has 0 fully saturated rings. The number of rotatable bonds is 9. The molecule has 0 saturated heterocycles. The Labute approximate surface area is 205 Å². The number of halogens is 1. The molecule has 0 aliphatic carbocycles. The van der Waals surface area contributed by atoms with Gasteiger partial charge in [0.1, 0.15) is 11.5 Å². The molecule has 7 nitrogen and oxygen atoms in total. The Morgan fingerprint density at radius 2 is 1.66 bits per heavy atom. The first-order valence-corrected chi connectivity index (χ1v) is 12.9. The molecule has 0 unspecified atom stereocenters. The van der Waals surface area contributed by atoms with Gasteiger partial charge in [-0.15, -0.1) is 11.8 Å². The molecule has 3 rings (SSSR count). The lowest BCUT2D eigenvalue weighted by Gasteiger charge is -2.13. The fourth-order valence-electron chi connectivity index (χ4n) is 2.69. The Balaban J connectivity index is 1.64. The number of carbonyl (C=O) groups is 1. The number of thioether (sulfide) groups is 1. The number of sulfonamides is 1. The van der Waals surface area contributed by atoms with Gasteiger partial charge in [0.15, 0.2) is 0 Å². The average molecular weight is 584 g/mol. The zero-order valence-corrected chi connectivity index (χ0v) is 21.1. The van der Waals surface area contributed by atoms with Crippen molar-refractivity contribution in [2.75, 3.05) is 30.0 Å². The van der Waals surface area contributed by atoms with E-state index in [0.717, 1.165) is 8.47 Å². The van der Waals surface area contributed by atoms with Crippen molar-refractivity contribution in [3.63, 3.8) is 0 Å². The smallest absolute Gasteiger partial charge is 0.262 e. The van der Waals surface area contributed by atoms with Crippen LogP contribution >= 0.6 is 34.4 Å². The molecular formula is C22H21IN2O5S2. The van der Waals surface area contributed by atoms with Crippen molar-refractivity contribution in [1.29, 1.82) is 0 Å². The summed E-state index contributed by atoms with van der Waals surface area (Å²) < 4.78 is 39.6. The summed E-state index contributed by atoms with van der Waals surface area (Å²) in [6, 6.07) is 18.7. The van der Waals surface area contributed by atoms with Gasteiger partial charge >= 0.3 is 0 Å². The highest BCUT2D eigenvalue weighted by Gasteiger charge is 2.17. The molecule has 0 aliphatic rings. The number of hydrogen-bond donors (Lipinski definition) is 2. The van der Waals surface area contributed by atoms with Gasteiger partial charge in [-0.25, -0.2) is 8.42 Å². The molecule has 0 aromatic heterocycles. The van der Waals surface area contributed by atoms with Gasteiger partial charge in [-0.2, -0.15) is 0 Å². The SMILES string of the molecule is COc1ccc(OC)c(NS(=O)(=O)c2ccc(NC(=O)CSc3ccc(I)cc3)cc2)c1. The predicted molar refractivity (Wildman–Crippen MR) is 135 cm³/mol. The van der Waals surface area contributed by atoms with E-state index in [1.165, 1.54) is 44.2 Å². The quantitative estimate of drug-likeness (QED) is 0.276. The van der Waals surface area contributed by atoms with Crippen molar-refractivity contribution in [3.05, 3.63) is 70.3 Å². The van der Waals surface area contributed by atoms with Crippen molar-refractivity contribution < 1.29 is 22.7 Å². The van der Waals surface area contributed by atoms with E-state index >= 15 is 0 Å². The number of nitrogens with one attached hydrogen (secondary N) is 2. The highest BCUT2D eigenvalue weighted by molar-refractivity contribution is 14.1. The largest absolute Gasteiger partial charge is 0.497 e. The number of anilines is 2. The molecular weight excluding hydrogens is 563 g/mol. The fourth-order valence-corrected chi connectivity index (χ4v) is 4.81. The number of amides is 1. The molecule has 3 aromatic carbocycles. The van der Waals surface area contributed by atoms with E-state index in [-0.39, 0.29) is 22.2 Å². The van der Waals surface area contributed by atoms with Crippen LogP contribution in [0.4, 0.5) is 11.4 Å². The predicted octanol–water partition coefficient (Wildman–Crippen LogP) is 4.84. The zero-order valence-electron chi connectivity index (χ0n) is 17.3. The molecule has 3 aromatic rings. The van der Waals surface area contributed by atoms with Crippen LogP contribution < -0.4 is 19.5 Å². The molecule has 0 radical (unpaired) electrons. The van der Waals surface area contributed by atoms with Crippen LogP contribution in [0.3, 0.4) is 0 Å². The zero-order chi connectivity index (χ0) is 23.1. The van der Waals surface area contributed by atoms with Crippen LogP contribution in [0.15, 0.2) is 76.5 Å². The van der Waals surface area contributed by atoms with Gasteiger partial charge in [0.05, 0.1) is 30.6 Å². The lowest BCUT2D eigenvalue weighted by atomic mass is 10.3. The number of methoxy groups -OCH3 is 2. The summed E-state index contributed by atoms with van der Waals surface area (Å²) in [5.41, 5.74) is 0.771. The van der Waals surface area contributed by atoms with Crippen molar-refractivity contribution in [3.8, 4) is 11.5 Å². The van der Waals surface area contributed by atoms with Gasteiger partial charge in [0, 0.05) is 20.2 Å². The van der Waals surface area contributed by atoms with Crippen LogP contribution in [-0.2, 0) is 14.8 Å². The molecule has 0 heterocycles. The Morgan fingerprint density at radius 3 is 2.28 bits per heavy atom. The van der Waals surface area contributed by atoms with E-state index in [1.807, 2.05) is 24.3 Å². The normalized spacial score (nSPS) is 11.0. The molecule has 0 atom stereocenters. The lowest BCUT2D eigenvalue weighted by Crippen LogP contribution is -2.15. The van der Waals surface area contributed by atoms with E-state index in [1.54, 1.807) is 24.3 Å². The highest BCUT2D eigenvalue weighted by atomic mass is 127. The van der Waals surface area contributed by atoms with Gasteiger partial charge in [-0.3, -0.25) is 9.52 Å². The summed E-state index contributed by atoms with van der Waals surface area (Å²) in [6.45, 7) is 0. The van der Waals surface area contributed by atoms with Crippen LogP contribution in [0.5, 0.6) is 11.5 Å². The molecule has 1 amide bonds. The van der Waals surface area contributed by atoms with Crippen molar-refractivity contribution in [2.45, 2.75) is 9.79 Å². The average Bonchev–Trinajstić information content (AvgIpc) is 2.78. The Morgan fingerprint density at radius 1 is 0.969 bits per heavy atom. The molecule has 0 spiro atoms. The maximum Gasteiger partial charge on any atom is 0.262 e. The van der Waals surface area contributed by atoms with E-state index in [4.69, 9.17) is 9.47 Å². The summed E-state index contributed by atoms with van der Waals surface area (Å²) in [5.74, 6) is 0.926. The van der Waals surface area contributed by atoms with Crippen LogP contribution in [0.1, 0.15) is 0 Å². The molecule has 0 saturated carbocycles. The van der Waals surface area contributed by atoms with Gasteiger partial charge in [-0.05, 0) is 83.3 Å². The highest BCUT2D eigenvalue weighted by Crippen LogP contribution is 2.31. The second-order valence-corrected chi connectivity index (χ2v) is 10.5. The van der Waals surface area contributed by atoms with Crippen molar-refractivity contribution >= 4 is 61.7 Å². The number of carbonyl (C=O) groups excluding carboxylic acids is 1. The number of ether oxygens (including phenoxy) is 2. The van der Waals surface area contributed by atoms with Crippen LogP contribution in [-0.4, -0.2) is 34.3 Å².